The van der Waals surface area contributed by atoms with Crippen LogP contribution in [0.15, 0.2) is 24.4 Å². The van der Waals surface area contributed by atoms with Gasteiger partial charge in [0.05, 0.1) is 0 Å². The number of hydrogen-bond acceptors (Lipinski definition) is 2. The molecule has 3 heteroatoms. The van der Waals surface area contributed by atoms with Crippen LogP contribution in [0.2, 0.25) is 0 Å². The summed E-state index contributed by atoms with van der Waals surface area (Å²) in [5.74, 6) is 0.571. The number of aromatic nitrogens is 2. The molecule has 0 fully saturated rings. The van der Waals surface area contributed by atoms with Crippen LogP contribution in [-0.2, 0) is 5.54 Å². The van der Waals surface area contributed by atoms with Crippen molar-refractivity contribution in [2.75, 3.05) is 5.73 Å². The lowest BCUT2D eigenvalue weighted by atomic mass is 10.1. The molecular weight excluding hydrogens is 174 g/mol. The summed E-state index contributed by atoms with van der Waals surface area (Å²) in [5.41, 5.74) is 6.67. The molecule has 2 aromatic heterocycles. The van der Waals surface area contributed by atoms with Gasteiger partial charge in [-0.15, -0.1) is 0 Å². The Morgan fingerprint density at radius 1 is 1.21 bits per heavy atom. The van der Waals surface area contributed by atoms with Crippen molar-refractivity contribution >= 4 is 16.9 Å². The topological polar surface area (TPSA) is 43.8 Å². The first-order chi connectivity index (χ1) is 6.48. The van der Waals surface area contributed by atoms with Gasteiger partial charge in [0, 0.05) is 17.1 Å². The molecule has 2 heterocycles. The van der Waals surface area contributed by atoms with Crippen molar-refractivity contribution in [1.82, 2.24) is 9.55 Å². The number of rotatable bonds is 0. The molecule has 0 saturated heterocycles. The number of hydrogen-bond donors (Lipinski definition) is 1. The smallest absolute Gasteiger partial charge is 0.142 e. The van der Waals surface area contributed by atoms with Gasteiger partial charge in [-0.05, 0) is 39.0 Å². The molecule has 0 aliphatic heterocycles. The van der Waals surface area contributed by atoms with Gasteiger partial charge in [0.1, 0.15) is 11.5 Å². The van der Waals surface area contributed by atoms with Crippen LogP contribution in [0.25, 0.3) is 11.0 Å². The second kappa shape index (κ2) is 2.74. The molecule has 0 aliphatic rings. The highest BCUT2D eigenvalue weighted by atomic mass is 15.1. The zero-order valence-corrected chi connectivity index (χ0v) is 8.78. The largest absolute Gasteiger partial charge is 0.384 e. The van der Waals surface area contributed by atoms with Crippen LogP contribution >= 0.6 is 0 Å². The monoisotopic (exact) mass is 189 g/mol. The van der Waals surface area contributed by atoms with Gasteiger partial charge in [0.15, 0.2) is 0 Å². The first kappa shape index (κ1) is 9.06. The van der Waals surface area contributed by atoms with E-state index in [1.165, 1.54) is 0 Å². The maximum absolute atomic E-state index is 5.67. The Labute approximate surface area is 83.6 Å². The first-order valence-electron chi connectivity index (χ1n) is 4.72. The average molecular weight is 189 g/mol. The van der Waals surface area contributed by atoms with Crippen molar-refractivity contribution < 1.29 is 0 Å². The number of anilines is 1. The molecule has 2 rings (SSSR count). The summed E-state index contributed by atoms with van der Waals surface area (Å²) in [6.45, 7) is 6.45. The number of nitrogen functional groups attached to an aromatic ring is 1. The van der Waals surface area contributed by atoms with Crippen molar-refractivity contribution in [2.45, 2.75) is 26.3 Å². The fraction of sp³-hybridized carbons (Fsp3) is 0.364. The number of nitrogens with two attached hydrogens (primary N) is 1. The Bertz CT molecular complexity index is 463. The first-order valence-corrected chi connectivity index (χ1v) is 4.72. The van der Waals surface area contributed by atoms with Crippen LogP contribution in [0.3, 0.4) is 0 Å². The predicted molar refractivity (Wildman–Crippen MR) is 59.1 cm³/mol. The van der Waals surface area contributed by atoms with E-state index in [9.17, 15) is 0 Å². The van der Waals surface area contributed by atoms with Crippen LogP contribution in [0, 0.1) is 0 Å². The van der Waals surface area contributed by atoms with E-state index >= 15 is 0 Å². The molecule has 0 unspecified atom stereocenters. The Morgan fingerprint density at radius 3 is 2.57 bits per heavy atom. The summed E-state index contributed by atoms with van der Waals surface area (Å²) in [7, 11) is 0. The Kier molecular flexibility index (Phi) is 1.77. The van der Waals surface area contributed by atoms with E-state index in [0.717, 1.165) is 11.0 Å². The number of fused-ring (bicyclic) bond motifs is 1. The Balaban J connectivity index is 2.73. The lowest BCUT2D eigenvalue weighted by Crippen LogP contribution is -2.20. The fourth-order valence-corrected chi connectivity index (χ4v) is 1.56. The van der Waals surface area contributed by atoms with Gasteiger partial charge in [-0.25, -0.2) is 4.98 Å². The van der Waals surface area contributed by atoms with Crippen LogP contribution in [-0.4, -0.2) is 9.55 Å². The third-order valence-electron chi connectivity index (χ3n) is 2.28. The maximum atomic E-state index is 5.67. The molecule has 0 spiro atoms. The normalized spacial score (nSPS) is 12.2. The van der Waals surface area contributed by atoms with Crippen LogP contribution in [0.4, 0.5) is 5.82 Å². The molecule has 0 saturated carbocycles. The second-order valence-electron chi connectivity index (χ2n) is 4.51. The van der Waals surface area contributed by atoms with E-state index in [-0.39, 0.29) is 5.54 Å². The molecule has 2 N–H and O–H groups in total. The van der Waals surface area contributed by atoms with Gasteiger partial charge in [0.2, 0.25) is 0 Å². The molecule has 0 bridgehead atoms. The molecular formula is C11H15N3. The Morgan fingerprint density at radius 2 is 1.93 bits per heavy atom. The van der Waals surface area contributed by atoms with Crippen LogP contribution in [0.5, 0.6) is 0 Å². The molecule has 0 aromatic carbocycles. The summed E-state index contributed by atoms with van der Waals surface area (Å²) >= 11 is 0. The molecule has 0 radical (unpaired) electrons. The molecule has 2 aromatic rings. The van der Waals surface area contributed by atoms with Gasteiger partial charge >= 0.3 is 0 Å². The maximum Gasteiger partial charge on any atom is 0.142 e. The summed E-state index contributed by atoms with van der Waals surface area (Å²) in [5, 5.41) is 1.13. The molecule has 74 valence electrons. The molecule has 0 aliphatic carbocycles. The van der Waals surface area contributed by atoms with Crippen molar-refractivity contribution in [3.8, 4) is 0 Å². The van der Waals surface area contributed by atoms with Gasteiger partial charge in [-0.2, -0.15) is 0 Å². The molecule has 3 nitrogen and oxygen atoms in total. The van der Waals surface area contributed by atoms with E-state index in [4.69, 9.17) is 5.73 Å². The highest BCUT2D eigenvalue weighted by Gasteiger charge is 2.15. The lowest BCUT2D eigenvalue weighted by molar-refractivity contribution is 0.408. The van der Waals surface area contributed by atoms with Crippen molar-refractivity contribution in [2.24, 2.45) is 0 Å². The van der Waals surface area contributed by atoms with E-state index < -0.39 is 0 Å². The highest BCUT2D eigenvalue weighted by Crippen LogP contribution is 2.22. The average Bonchev–Trinajstić information content (AvgIpc) is 2.45. The van der Waals surface area contributed by atoms with Gasteiger partial charge in [-0.1, -0.05) is 0 Å². The molecule has 14 heavy (non-hydrogen) atoms. The minimum absolute atomic E-state index is 0.0442. The van der Waals surface area contributed by atoms with Crippen molar-refractivity contribution in [3.05, 3.63) is 24.4 Å². The quantitative estimate of drug-likeness (QED) is 0.691. The third-order valence-corrected chi connectivity index (χ3v) is 2.28. The van der Waals surface area contributed by atoms with E-state index in [2.05, 4.69) is 42.6 Å². The van der Waals surface area contributed by atoms with Gasteiger partial charge < -0.3 is 10.3 Å². The third kappa shape index (κ3) is 1.35. The lowest BCUT2D eigenvalue weighted by Gasteiger charge is -2.21. The van der Waals surface area contributed by atoms with Gasteiger partial charge in [-0.3, -0.25) is 0 Å². The van der Waals surface area contributed by atoms with Gasteiger partial charge in [0.25, 0.3) is 0 Å². The Hall–Kier alpha value is -1.51. The highest BCUT2D eigenvalue weighted by molar-refractivity contribution is 5.78. The molecule has 0 atom stereocenters. The SMILES string of the molecule is CC(C)(C)n1ccc2ccc(N)nc21. The summed E-state index contributed by atoms with van der Waals surface area (Å²) in [6.07, 6.45) is 2.05. The van der Waals surface area contributed by atoms with Crippen molar-refractivity contribution in [1.29, 1.82) is 0 Å². The molecule has 0 amide bonds. The second-order valence-corrected chi connectivity index (χ2v) is 4.51. The van der Waals surface area contributed by atoms with Crippen LogP contribution in [0.1, 0.15) is 20.8 Å². The van der Waals surface area contributed by atoms with E-state index in [1.807, 2.05) is 12.1 Å². The summed E-state index contributed by atoms with van der Waals surface area (Å²) in [6, 6.07) is 5.89. The number of pyridine rings is 1. The van der Waals surface area contributed by atoms with E-state index in [0.29, 0.717) is 5.82 Å². The summed E-state index contributed by atoms with van der Waals surface area (Å²) < 4.78 is 2.14. The van der Waals surface area contributed by atoms with Crippen LogP contribution < -0.4 is 5.73 Å². The standard InChI is InChI=1S/C11H15N3/c1-11(2,3)14-7-6-8-4-5-9(12)13-10(8)14/h4-7H,1-3H3,(H2,12,13). The zero-order chi connectivity index (χ0) is 10.3. The zero-order valence-electron chi connectivity index (χ0n) is 8.78. The number of nitrogens with zero attached hydrogens (tertiary/aromatic N) is 2. The van der Waals surface area contributed by atoms with E-state index in [1.54, 1.807) is 0 Å². The summed E-state index contributed by atoms with van der Waals surface area (Å²) in [4.78, 5) is 4.34. The predicted octanol–water partition coefficient (Wildman–Crippen LogP) is 2.37. The fourth-order valence-electron chi connectivity index (χ4n) is 1.56. The van der Waals surface area contributed by atoms with Crippen molar-refractivity contribution in [3.63, 3.8) is 0 Å². The minimum atomic E-state index is 0.0442. The minimum Gasteiger partial charge on any atom is -0.384 e.